The molecule has 24 heavy (non-hydrogen) atoms. The van der Waals surface area contributed by atoms with Gasteiger partial charge >= 0.3 is 0 Å². The summed E-state index contributed by atoms with van der Waals surface area (Å²) in [7, 11) is -3.92. The van der Waals surface area contributed by atoms with Crippen molar-refractivity contribution >= 4 is 28.1 Å². The van der Waals surface area contributed by atoms with Crippen LogP contribution in [0.15, 0.2) is 17.0 Å². The molecule has 7 nitrogen and oxygen atoms in total. The van der Waals surface area contributed by atoms with Crippen LogP contribution in [0.4, 0.5) is 5.69 Å². The van der Waals surface area contributed by atoms with Crippen LogP contribution in [0.3, 0.4) is 0 Å². The highest BCUT2D eigenvalue weighted by Gasteiger charge is 2.31. The first kappa shape index (κ1) is 20.8. The van der Waals surface area contributed by atoms with Crippen LogP contribution in [0.5, 0.6) is 0 Å². The number of nitrogens with zero attached hydrogens (tertiary/aromatic N) is 1. The summed E-state index contributed by atoms with van der Waals surface area (Å²) in [6, 6.07) is 2.69. The zero-order chi connectivity index (χ0) is 17.3. The number of sulfonamides is 1. The number of nitro benzene ring substituents is 1. The number of hydrogen-bond donors (Lipinski definition) is 2. The van der Waals surface area contributed by atoms with Gasteiger partial charge in [0.15, 0.2) is 4.90 Å². The molecule has 1 saturated heterocycles. The molecule has 2 rings (SSSR count). The highest BCUT2D eigenvalue weighted by molar-refractivity contribution is 7.89. The molecular weight excluding hydrogens is 354 g/mol. The maximum absolute atomic E-state index is 12.6. The standard InChI is InChI=1S/C15H23N3O4S.ClH/c1-11-8-13(18(19)20)14(9-12(11)2)23(21,22)17-10-15(3)4-6-16-7-5-15;/h8-9,16-17H,4-7,10H2,1-3H3;1H. The van der Waals surface area contributed by atoms with Gasteiger partial charge in [0.25, 0.3) is 5.69 Å². The number of benzene rings is 1. The van der Waals surface area contributed by atoms with Crippen LogP contribution in [-0.2, 0) is 10.0 Å². The van der Waals surface area contributed by atoms with Crippen LogP contribution in [0.25, 0.3) is 0 Å². The Morgan fingerprint density at radius 1 is 1.25 bits per heavy atom. The Morgan fingerprint density at radius 2 is 1.79 bits per heavy atom. The number of nitro groups is 1. The van der Waals surface area contributed by atoms with E-state index in [0.717, 1.165) is 25.9 Å². The molecule has 0 aromatic heterocycles. The summed E-state index contributed by atoms with van der Waals surface area (Å²) in [5.41, 5.74) is 0.897. The van der Waals surface area contributed by atoms with Crippen molar-refractivity contribution in [3.05, 3.63) is 33.4 Å². The molecule has 0 saturated carbocycles. The predicted octanol–water partition coefficient (Wildman–Crippen LogP) is 2.30. The lowest BCUT2D eigenvalue weighted by Gasteiger charge is -2.34. The minimum absolute atomic E-state index is 0. The second-order valence-corrected chi connectivity index (χ2v) is 8.28. The number of nitrogens with one attached hydrogen (secondary N) is 2. The van der Waals surface area contributed by atoms with Crippen LogP contribution in [-0.4, -0.2) is 33.0 Å². The maximum Gasteiger partial charge on any atom is 0.289 e. The predicted molar refractivity (Wildman–Crippen MR) is 95.2 cm³/mol. The topological polar surface area (TPSA) is 101 Å². The Kier molecular flexibility index (Phi) is 6.75. The van der Waals surface area contributed by atoms with Crippen molar-refractivity contribution in [2.24, 2.45) is 5.41 Å². The first-order valence-corrected chi connectivity index (χ1v) is 9.09. The van der Waals surface area contributed by atoms with E-state index >= 15 is 0 Å². The molecule has 0 bridgehead atoms. The number of rotatable bonds is 5. The van der Waals surface area contributed by atoms with E-state index in [1.807, 2.05) is 6.92 Å². The molecule has 1 aliphatic heterocycles. The summed E-state index contributed by atoms with van der Waals surface area (Å²) in [6.07, 6.45) is 1.73. The first-order valence-electron chi connectivity index (χ1n) is 7.61. The van der Waals surface area contributed by atoms with Crippen molar-refractivity contribution in [3.8, 4) is 0 Å². The van der Waals surface area contributed by atoms with Gasteiger partial charge in [-0.15, -0.1) is 12.4 Å². The molecule has 0 radical (unpaired) electrons. The van der Waals surface area contributed by atoms with Gasteiger partial charge in [-0.3, -0.25) is 10.1 Å². The van der Waals surface area contributed by atoms with Gasteiger partial charge in [-0.25, -0.2) is 13.1 Å². The lowest BCUT2D eigenvalue weighted by atomic mass is 9.81. The van der Waals surface area contributed by atoms with Gasteiger partial charge in [0.05, 0.1) is 4.92 Å². The van der Waals surface area contributed by atoms with Gasteiger partial charge in [0, 0.05) is 12.6 Å². The fraction of sp³-hybridized carbons (Fsp3) is 0.600. The molecule has 1 aliphatic rings. The Bertz CT molecular complexity index is 716. The van der Waals surface area contributed by atoms with Gasteiger partial charge in [0.2, 0.25) is 10.0 Å². The molecular formula is C15H24ClN3O4S. The van der Waals surface area contributed by atoms with Crippen molar-refractivity contribution in [2.45, 2.75) is 38.5 Å². The van der Waals surface area contributed by atoms with Gasteiger partial charge < -0.3 is 5.32 Å². The summed E-state index contributed by atoms with van der Waals surface area (Å²) in [5, 5.41) is 14.4. The lowest BCUT2D eigenvalue weighted by molar-refractivity contribution is -0.387. The Balaban J connectivity index is 0.00000288. The number of halogens is 1. The molecule has 0 unspecified atom stereocenters. The molecule has 1 aromatic rings. The second kappa shape index (κ2) is 7.77. The minimum atomic E-state index is -3.92. The van der Waals surface area contributed by atoms with E-state index in [9.17, 15) is 18.5 Å². The van der Waals surface area contributed by atoms with Crippen molar-refractivity contribution in [3.63, 3.8) is 0 Å². The smallest absolute Gasteiger partial charge is 0.289 e. The van der Waals surface area contributed by atoms with E-state index in [-0.39, 0.29) is 34.9 Å². The zero-order valence-corrected chi connectivity index (χ0v) is 15.7. The van der Waals surface area contributed by atoms with Crippen LogP contribution < -0.4 is 10.0 Å². The molecule has 1 fully saturated rings. The van der Waals surface area contributed by atoms with Gasteiger partial charge in [0.1, 0.15) is 0 Å². The average Bonchev–Trinajstić information content (AvgIpc) is 2.48. The van der Waals surface area contributed by atoms with E-state index in [4.69, 9.17) is 0 Å². The monoisotopic (exact) mass is 377 g/mol. The molecule has 0 aliphatic carbocycles. The van der Waals surface area contributed by atoms with Gasteiger partial charge in [-0.1, -0.05) is 6.92 Å². The minimum Gasteiger partial charge on any atom is -0.317 e. The fourth-order valence-corrected chi connectivity index (χ4v) is 4.12. The number of hydrogen-bond acceptors (Lipinski definition) is 5. The van der Waals surface area contributed by atoms with Crippen LogP contribution in [0, 0.1) is 29.4 Å². The third-order valence-electron chi connectivity index (χ3n) is 4.56. The Morgan fingerprint density at radius 3 is 2.33 bits per heavy atom. The quantitative estimate of drug-likeness (QED) is 0.605. The van der Waals surface area contributed by atoms with E-state index in [1.165, 1.54) is 12.1 Å². The molecule has 0 spiro atoms. The third kappa shape index (κ3) is 4.66. The zero-order valence-electron chi connectivity index (χ0n) is 14.1. The summed E-state index contributed by atoms with van der Waals surface area (Å²) in [4.78, 5) is 10.3. The van der Waals surface area contributed by atoms with Crippen LogP contribution in [0.1, 0.15) is 30.9 Å². The summed E-state index contributed by atoms with van der Waals surface area (Å²) in [5.74, 6) is 0. The number of piperidine rings is 1. The normalized spacial score (nSPS) is 17.1. The fourth-order valence-electron chi connectivity index (χ4n) is 2.69. The van der Waals surface area contributed by atoms with E-state index in [0.29, 0.717) is 11.1 Å². The SMILES string of the molecule is Cc1cc([N+](=O)[O-])c(S(=O)(=O)NCC2(C)CCNCC2)cc1C.Cl. The average molecular weight is 378 g/mol. The highest BCUT2D eigenvalue weighted by Crippen LogP contribution is 2.30. The van der Waals surface area contributed by atoms with Crippen molar-refractivity contribution in [1.82, 2.24) is 10.0 Å². The molecule has 2 N–H and O–H groups in total. The number of aryl methyl sites for hydroxylation is 2. The Hall–Kier alpha value is -1.22. The van der Waals surface area contributed by atoms with Gasteiger partial charge in [-0.05, 0) is 62.4 Å². The lowest BCUT2D eigenvalue weighted by Crippen LogP contribution is -2.42. The summed E-state index contributed by atoms with van der Waals surface area (Å²) in [6.45, 7) is 7.48. The van der Waals surface area contributed by atoms with Crippen molar-refractivity contribution in [1.29, 1.82) is 0 Å². The van der Waals surface area contributed by atoms with Crippen molar-refractivity contribution < 1.29 is 13.3 Å². The van der Waals surface area contributed by atoms with E-state index in [2.05, 4.69) is 10.0 Å². The van der Waals surface area contributed by atoms with Crippen molar-refractivity contribution in [2.75, 3.05) is 19.6 Å². The van der Waals surface area contributed by atoms with E-state index < -0.39 is 14.9 Å². The third-order valence-corrected chi connectivity index (χ3v) is 5.99. The summed E-state index contributed by atoms with van der Waals surface area (Å²) < 4.78 is 27.7. The molecule has 0 atom stereocenters. The van der Waals surface area contributed by atoms with Gasteiger partial charge in [-0.2, -0.15) is 0 Å². The van der Waals surface area contributed by atoms with Crippen LogP contribution in [0.2, 0.25) is 0 Å². The molecule has 9 heteroatoms. The summed E-state index contributed by atoms with van der Waals surface area (Å²) >= 11 is 0. The first-order chi connectivity index (χ1) is 10.6. The Labute approximate surface area is 148 Å². The largest absolute Gasteiger partial charge is 0.317 e. The maximum atomic E-state index is 12.6. The molecule has 0 amide bonds. The van der Waals surface area contributed by atoms with E-state index in [1.54, 1.807) is 13.8 Å². The molecule has 1 heterocycles. The molecule has 1 aromatic carbocycles. The van der Waals surface area contributed by atoms with Crippen LogP contribution >= 0.6 is 12.4 Å². The molecule has 136 valence electrons. The second-order valence-electron chi connectivity index (χ2n) is 6.55. The highest BCUT2D eigenvalue weighted by atomic mass is 35.5.